The van der Waals surface area contributed by atoms with Crippen LogP contribution in [0.15, 0.2) is 24.4 Å². The average molecular weight is 246 g/mol. The molecule has 3 rings (SSSR count). The van der Waals surface area contributed by atoms with E-state index in [1.807, 2.05) is 25.1 Å². The normalized spacial score (nSPS) is 14.8. The highest BCUT2D eigenvalue weighted by Crippen LogP contribution is 2.37. The van der Waals surface area contributed by atoms with Crippen LogP contribution in [0.2, 0.25) is 0 Å². The van der Waals surface area contributed by atoms with Crippen LogP contribution < -0.4 is 14.8 Å². The minimum Gasteiger partial charge on any atom is -0.454 e. The van der Waals surface area contributed by atoms with Gasteiger partial charge in [-0.2, -0.15) is 0 Å². The van der Waals surface area contributed by atoms with E-state index in [1.54, 1.807) is 6.20 Å². The number of hydrogen-bond donors (Lipinski definition) is 2. The zero-order chi connectivity index (χ0) is 12.5. The first-order valence-electron chi connectivity index (χ1n) is 5.83. The maximum atomic E-state index is 9.09. The Kier molecular flexibility index (Phi) is 2.68. The molecule has 0 fully saturated rings. The van der Waals surface area contributed by atoms with Gasteiger partial charge in [0.05, 0.1) is 6.61 Å². The van der Waals surface area contributed by atoms with Crippen LogP contribution in [0.4, 0.5) is 5.82 Å². The smallest absolute Gasteiger partial charge is 0.231 e. The van der Waals surface area contributed by atoms with Gasteiger partial charge in [0.25, 0.3) is 0 Å². The van der Waals surface area contributed by atoms with Crippen LogP contribution in [0.5, 0.6) is 11.5 Å². The van der Waals surface area contributed by atoms with Gasteiger partial charge >= 0.3 is 0 Å². The zero-order valence-electron chi connectivity index (χ0n) is 10.0. The molecule has 1 aromatic carbocycles. The summed E-state index contributed by atoms with van der Waals surface area (Å²) in [4.78, 5) is 4.30. The molecule has 0 radical (unpaired) electrons. The summed E-state index contributed by atoms with van der Waals surface area (Å²) in [6, 6.07) is 5.73. The lowest BCUT2D eigenvalue weighted by Crippen LogP contribution is -2.20. The number of fused-ring (bicyclic) bond motifs is 2. The highest BCUT2D eigenvalue weighted by atomic mass is 16.7. The molecule has 0 bridgehead atoms. The first-order valence-corrected chi connectivity index (χ1v) is 5.83. The number of hydrogen-bond acceptors (Lipinski definition) is 5. The molecule has 1 aliphatic rings. The molecule has 1 atom stereocenters. The van der Waals surface area contributed by atoms with E-state index in [0.29, 0.717) is 0 Å². The van der Waals surface area contributed by atoms with E-state index in [-0.39, 0.29) is 19.4 Å². The van der Waals surface area contributed by atoms with Crippen molar-refractivity contribution in [2.24, 2.45) is 0 Å². The van der Waals surface area contributed by atoms with Gasteiger partial charge in [0, 0.05) is 17.6 Å². The van der Waals surface area contributed by atoms with Crippen LogP contribution in [0.3, 0.4) is 0 Å². The summed E-state index contributed by atoms with van der Waals surface area (Å²) in [5, 5.41) is 14.2. The maximum Gasteiger partial charge on any atom is 0.231 e. The molecule has 94 valence electrons. The van der Waals surface area contributed by atoms with Crippen LogP contribution in [-0.2, 0) is 0 Å². The Hall–Kier alpha value is -2.01. The lowest BCUT2D eigenvalue weighted by molar-refractivity contribution is 0.174. The Morgan fingerprint density at radius 1 is 1.39 bits per heavy atom. The molecule has 0 spiro atoms. The van der Waals surface area contributed by atoms with Crippen molar-refractivity contribution < 1.29 is 14.6 Å². The van der Waals surface area contributed by atoms with E-state index in [1.165, 1.54) is 0 Å². The van der Waals surface area contributed by atoms with E-state index in [4.69, 9.17) is 14.6 Å². The summed E-state index contributed by atoms with van der Waals surface area (Å²) in [7, 11) is 0. The lowest BCUT2D eigenvalue weighted by Gasteiger charge is -2.13. The van der Waals surface area contributed by atoms with E-state index < -0.39 is 0 Å². The van der Waals surface area contributed by atoms with Crippen LogP contribution in [0.1, 0.15) is 6.92 Å². The molecule has 2 N–H and O–H groups in total. The van der Waals surface area contributed by atoms with E-state index in [2.05, 4.69) is 10.3 Å². The molecule has 1 aliphatic heterocycles. The quantitative estimate of drug-likeness (QED) is 0.864. The second-order valence-corrected chi connectivity index (χ2v) is 4.31. The molecule has 0 amide bonds. The third-order valence-corrected chi connectivity index (χ3v) is 2.91. The van der Waals surface area contributed by atoms with Crippen molar-refractivity contribution in [3.63, 3.8) is 0 Å². The van der Waals surface area contributed by atoms with Gasteiger partial charge in [-0.1, -0.05) is 0 Å². The summed E-state index contributed by atoms with van der Waals surface area (Å²) in [5.41, 5.74) is 0. The first-order chi connectivity index (χ1) is 8.78. The third-order valence-electron chi connectivity index (χ3n) is 2.91. The zero-order valence-corrected chi connectivity index (χ0v) is 10.0. The lowest BCUT2D eigenvalue weighted by atomic mass is 10.1. The van der Waals surface area contributed by atoms with Gasteiger partial charge < -0.3 is 19.9 Å². The molecular formula is C13H14N2O3. The Labute approximate surface area is 104 Å². The maximum absolute atomic E-state index is 9.09. The highest BCUT2D eigenvalue weighted by Gasteiger charge is 2.16. The van der Waals surface area contributed by atoms with Gasteiger partial charge in [-0.3, -0.25) is 0 Å². The highest BCUT2D eigenvalue weighted by molar-refractivity contribution is 5.94. The van der Waals surface area contributed by atoms with Crippen molar-refractivity contribution in [1.82, 2.24) is 4.98 Å². The van der Waals surface area contributed by atoms with Crippen molar-refractivity contribution >= 4 is 16.6 Å². The molecular weight excluding hydrogens is 232 g/mol. The number of rotatable bonds is 3. The van der Waals surface area contributed by atoms with Crippen molar-refractivity contribution in [2.45, 2.75) is 13.0 Å². The molecule has 5 nitrogen and oxygen atoms in total. The van der Waals surface area contributed by atoms with Crippen LogP contribution in [0.25, 0.3) is 10.8 Å². The Morgan fingerprint density at radius 3 is 2.94 bits per heavy atom. The van der Waals surface area contributed by atoms with Crippen LogP contribution in [-0.4, -0.2) is 29.5 Å². The number of nitrogens with zero attached hydrogens (tertiary/aromatic N) is 1. The monoisotopic (exact) mass is 246 g/mol. The van der Waals surface area contributed by atoms with E-state index in [9.17, 15) is 0 Å². The van der Waals surface area contributed by atoms with Gasteiger partial charge in [-0.15, -0.1) is 0 Å². The number of aromatic nitrogens is 1. The Morgan fingerprint density at radius 2 is 2.17 bits per heavy atom. The molecule has 1 unspecified atom stereocenters. The van der Waals surface area contributed by atoms with Crippen molar-refractivity contribution in [3.05, 3.63) is 24.4 Å². The SMILES string of the molecule is CC(CO)Nc1nccc2cc3c(cc12)OCO3. The number of aliphatic hydroxyl groups is 1. The van der Waals surface area contributed by atoms with Gasteiger partial charge in [0.15, 0.2) is 11.5 Å². The predicted molar refractivity (Wildman–Crippen MR) is 68.0 cm³/mol. The fraction of sp³-hybridized carbons (Fsp3) is 0.308. The van der Waals surface area contributed by atoms with Crippen LogP contribution >= 0.6 is 0 Å². The molecule has 0 aliphatic carbocycles. The molecule has 1 aromatic heterocycles. The fourth-order valence-electron chi connectivity index (χ4n) is 1.96. The minimum absolute atomic E-state index is 0.0477. The Balaban J connectivity index is 2.09. The Bertz CT molecular complexity index is 586. The molecule has 0 saturated heterocycles. The first kappa shape index (κ1) is 11.1. The van der Waals surface area contributed by atoms with E-state index >= 15 is 0 Å². The van der Waals surface area contributed by atoms with Gasteiger partial charge in [-0.05, 0) is 30.5 Å². The van der Waals surface area contributed by atoms with Gasteiger partial charge in [-0.25, -0.2) is 4.98 Å². The number of pyridine rings is 1. The van der Waals surface area contributed by atoms with Crippen molar-refractivity contribution in [3.8, 4) is 11.5 Å². The standard InChI is InChI=1S/C13H14N2O3/c1-8(6-16)15-13-10-5-12-11(17-7-18-12)4-9(10)2-3-14-13/h2-5,8,16H,6-7H2,1H3,(H,14,15). The molecule has 5 heteroatoms. The topological polar surface area (TPSA) is 63.6 Å². The number of nitrogens with one attached hydrogen (secondary N) is 1. The largest absolute Gasteiger partial charge is 0.454 e. The van der Waals surface area contributed by atoms with E-state index in [0.717, 1.165) is 28.1 Å². The molecule has 0 saturated carbocycles. The summed E-state index contributed by atoms with van der Waals surface area (Å²) in [6.07, 6.45) is 1.73. The van der Waals surface area contributed by atoms with Crippen molar-refractivity contribution in [2.75, 3.05) is 18.7 Å². The molecule has 2 heterocycles. The summed E-state index contributed by atoms with van der Waals surface area (Å²) < 4.78 is 10.7. The molecule has 18 heavy (non-hydrogen) atoms. The number of ether oxygens (including phenoxy) is 2. The molecule has 2 aromatic rings. The minimum atomic E-state index is -0.0477. The van der Waals surface area contributed by atoms with Crippen LogP contribution in [0, 0.1) is 0 Å². The second-order valence-electron chi connectivity index (χ2n) is 4.31. The van der Waals surface area contributed by atoms with Crippen molar-refractivity contribution in [1.29, 1.82) is 0 Å². The van der Waals surface area contributed by atoms with Gasteiger partial charge in [0.2, 0.25) is 6.79 Å². The average Bonchev–Trinajstić information content (AvgIpc) is 2.83. The summed E-state index contributed by atoms with van der Waals surface area (Å²) >= 11 is 0. The van der Waals surface area contributed by atoms with Gasteiger partial charge in [0.1, 0.15) is 5.82 Å². The third kappa shape index (κ3) is 1.82. The second kappa shape index (κ2) is 4.34. The predicted octanol–water partition coefficient (Wildman–Crippen LogP) is 1.76. The fourth-order valence-corrected chi connectivity index (χ4v) is 1.96. The summed E-state index contributed by atoms with van der Waals surface area (Å²) in [6.45, 7) is 2.21. The number of anilines is 1. The summed E-state index contributed by atoms with van der Waals surface area (Å²) in [5.74, 6) is 2.23. The number of benzene rings is 1. The number of aliphatic hydroxyl groups excluding tert-OH is 1.